The summed E-state index contributed by atoms with van der Waals surface area (Å²) in [5.74, 6) is -0.975. The van der Waals surface area contributed by atoms with E-state index in [9.17, 15) is 9.59 Å². The number of carbonyl (C=O) groups is 2. The third-order valence-electron chi connectivity index (χ3n) is 2.76. The summed E-state index contributed by atoms with van der Waals surface area (Å²) < 4.78 is 0.618. The third-order valence-corrected chi connectivity index (χ3v) is 3.78. The molecule has 0 aliphatic heterocycles. The first-order valence-electron chi connectivity index (χ1n) is 5.84. The van der Waals surface area contributed by atoms with E-state index in [-0.39, 0.29) is 11.5 Å². The lowest BCUT2D eigenvalue weighted by atomic mass is 10.1. The van der Waals surface area contributed by atoms with Gasteiger partial charge in [0, 0.05) is 21.3 Å². The molecule has 2 aromatic carbocycles. The zero-order valence-electron chi connectivity index (χ0n) is 10.7. The number of hydrogen-bond acceptors (Lipinski definition) is 3. The van der Waals surface area contributed by atoms with Crippen LogP contribution in [0.4, 0.5) is 11.4 Å². The molecule has 2 rings (SSSR count). The molecule has 5 N–H and O–H groups in total. The highest BCUT2D eigenvalue weighted by Gasteiger charge is 2.12. The predicted octanol–water partition coefficient (Wildman–Crippen LogP) is 3.04. The zero-order chi connectivity index (χ0) is 15.6. The maximum Gasteiger partial charge on any atom is 0.255 e. The molecular weight excluding hydrogens is 358 g/mol. The van der Waals surface area contributed by atoms with Crippen molar-refractivity contribution in [2.45, 2.75) is 0 Å². The van der Waals surface area contributed by atoms with Gasteiger partial charge in [-0.2, -0.15) is 0 Å². The molecule has 2 amide bonds. The van der Waals surface area contributed by atoms with E-state index in [1.54, 1.807) is 18.2 Å². The number of rotatable bonds is 3. The van der Waals surface area contributed by atoms with Crippen LogP contribution in [0.15, 0.2) is 40.9 Å². The highest BCUT2D eigenvalue weighted by molar-refractivity contribution is 9.10. The lowest BCUT2D eigenvalue weighted by molar-refractivity contribution is 0.0996. The Hall–Kier alpha value is -2.05. The highest BCUT2D eigenvalue weighted by atomic mass is 79.9. The molecule has 0 atom stereocenters. The monoisotopic (exact) mass is 367 g/mol. The lowest BCUT2D eigenvalue weighted by Gasteiger charge is -2.09. The second-order valence-corrected chi connectivity index (χ2v) is 5.51. The van der Waals surface area contributed by atoms with Crippen molar-refractivity contribution in [3.05, 3.63) is 57.0 Å². The fraction of sp³-hybridized carbons (Fsp3) is 0. The molecule has 7 heteroatoms. The normalized spacial score (nSPS) is 10.2. The van der Waals surface area contributed by atoms with E-state index < -0.39 is 5.91 Å². The summed E-state index contributed by atoms with van der Waals surface area (Å²) in [7, 11) is 0. The molecule has 21 heavy (non-hydrogen) atoms. The van der Waals surface area contributed by atoms with Gasteiger partial charge in [-0.1, -0.05) is 11.6 Å². The summed E-state index contributed by atoms with van der Waals surface area (Å²) in [6.07, 6.45) is 0. The average Bonchev–Trinajstić information content (AvgIpc) is 2.43. The van der Waals surface area contributed by atoms with E-state index in [1.807, 2.05) is 0 Å². The Balaban J connectivity index is 2.28. The van der Waals surface area contributed by atoms with Crippen molar-refractivity contribution >= 4 is 50.7 Å². The van der Waals surface area contributed by atoms with E-state index in [4.69, 9.17) is 23.1 Å². The largest absolute Gasteiger partial charge is 0.398 e. The van der Waals surface area contributed by atoms with Crippen molar-refractivity contribution in [2.24, 2.45) is 5.73 Å². The smallest absolute Gasteiger partial charge is 0.255 e. The maximum absolute atomic E-state index is 12.2. The molecule has 0 radical (unpaired) electrons. The van der Waals surface area contributed by atoms with Crippen molar-refractivity contribution < 1.29 is 9.59 Å². The van der Waals surface area contributed by atoms with Crippen molar-refractivity contribution in [3.8, 4) is 0 Å². The van der Waals surface area contributed by atoms with Gasteiger partial charge in [0.05, 0.1) is 10.7 Å². The number of carbonyl (C=O) groups excluding carboxylic acids is 2. The van der Waals surface area contributed by atoms with E-state index in [2.05, 4.69) is 21.2 Å². The second kappa shape index (κ2) is 6.15. The zero-order valence-corrected chi connectivity index (χ0v) is 13.0. The number of primary amides is 1. The number of amides is 2. The summed E-state index contributed by atoms with van der Waals surface area (Å²) >= 11 is 9.25. The van der Waals surface area contributed by atoms with Crippen LogP contribution in [0, 0.1) is 0 Å². The molecule has 0 aliphatic rings. The van der Waals surface area contributed by atoms with E-state index in [1.165, 1.54) is 18.2 Å². The van der Waals surface area contributed by atoms with Crippen LogP contribution in [0.25, 0.3) is 0 Å². The Bertz CT molecular complexity index is 734. The first-order chi connectivity index (χ1) is 9.88. The Labute approximate surface area is 134 Å². The van der Waals surface area contributed by atoms with Crippen LogP contribution >= 0.6 is 27.5 Å². The summed E-state index contributed by atoms with van der Waals surface area (Å²) in [5.41, 5.74) is 12.4. The Morgan fingerprint density at radius 3 is 2.38 bits per heavy atom. The minimum absolute atomic E-state index is 0.258. The second-order valence-electron chi connectivity index (χ2n) is 4.25. The minimum Gasteiger partial charge on any atom is -0.398 e. The molecule has 0 saturated heterocycles. The van der Waals surface area contributed by atoms with Gasteiger partial charge in [0.15, 0.2) is 0 Å². The molecule has 108 valence electrons. The van der Waals surface area contributed by atoms with Gasteiger partial charge in [-0.05, 0) is 52.3 Å². The number of nitrogen functional groups attached to an aromatic ring is 1. The number of nitrogens with two attached hydrogens (primary N) is 2. The number of anilines is 2. The third kappa shape index (κ3) is 3.53. The van der Waals surface area contributed by atoms with Gasteiger partial charge in [-0.15, -0.1) is 0 Å². The summed E-state index contributed by atoms with van der Waals surface area (Å²) in [6.45, 7) is 0. The molecule has 0 bridgehead atoms. The Morgan fingerprint density at radius 1 is 1.10 bits per heavy atom. The van der Waals surface area contributed by atoms with Gasteiger partial charge in [0.1, 0.15) is 0 Å². The minimum atomic E-state index is -0.600. The lowest BCUT2D eigenvalue weighted by Crippen LogP contribution is -2.15. The molecule has 0 aliphatic carbocycles. The van der Waals surface area contributed by atoms with Gasteiger partial charge in [0.25, 0.3) is 5.91 Å². The first kappa shape index (κ1) is 15.3. The van der Waals surface area contributed by atoms with Crippen LogP contribution in [-0.4, -0.2) is 11.8 Å². The fourth-order valence-electron chi connectivity index (χ4n) is 1.64. The van der Waals surface area contributed by atoms with E-state index >= 15 is 0 Å². The molecule has 0 unspecified atom stereocenters. The van der Waals surface area contributed by atoms with Gasteiger partial charge in [0.2, 0.25) is 5.91 Å². The maximum atomic E-state index is 12.2. The number of benzene rings is 2. The van der Waals surface area contributed by atoms with Crippen LogP contribution in [0.2, 0.25) is 5.02 Å². The van der Waals surface area contributed by atoms with Crippen LogP contribution in [-0.2, 0) is 0 Å². The molecule has 0 aromatic heterocycles. The summed E-state index contributed by atoms with van der Waals surface area (Å²) in [5, 5.41) is 2.94. The Kier molecular flexibility index (Phi) is 4.50. The fourth-order valence-corrected chi connectivity index (χ4v) is 2.18. The van der Waals surface area contributed by atoms with Gasteiger partial charge < -0.3 is 16.8 Å². The SMILES string of the molecule is NC(=O)c1ccc(Cl)c(NC(=O)c2ccc(N)c(Br)c2)c1. The topological polar surface area (TPSA) is 98.2 Å². The number of halogens is 2. The van der Waals surface area contributed by atoms with Gasteiger partial charge >= 0.3 is 0 Å². The first-order valence-corrected chi connectivity index (χ1v) is 7.01. The van der Waals surface area contributed by atoms with Crippen LogP contribution in [0.1, 0.15) is 20.7 Å². The predicted molar refractivity (Wildman–Crippen MR) is 86.5 cm³/mol. The quantitative estimate of drug-likeness (QED) is 0.726. The molecular formula is C14H11BrClN3O2. The van der Waals surface area contributed by atoms with Crippen LogP contribution < -0.4 is 16.8 Å². The molecule has 0 heterocycles. The van der Waals surface area contributed by atoms with Crippen molar-refractivity contribution in [2.75, 3.05) is 11.1 Å². The van der Waals surface area contributed by atoms with Gasteiger partial charge in [-0.3, -0.25) is 9.59 Å². The summed E-state index contributed by atoms with van der Waals surface area (Å²) in [4.78, 5) is 23.3. The Morgan fingerprint density at radius 2 is 1.76 bits per heavy atom. The standard InChI is InChI=1S/C14H11BrClN3O2/c15-9-5-8(2-4-11(9)17)14(21)19-12-6-7(13(18)20)1-3-10(12)16/h1-6H,17H2,(H2,18,20)(H,19,21). The molecule has 0 fully saturated rings. The van der Waals surface area contributed by atoms with Crippen molar-refractivity contribution in [1.82, 2.24) is 0 Å². The molecule has 0 spiro atoms. The van der Waals surface area contributed by atoms with E-state index in [0.29, 0.717) is 26.4 Å². The number of nitrogens with one attached hydrogen (secondary N) is 1. The van der Waals surface area contributed by atoms with Crippen LogP contribution in [0.5, 0.6) is 0 Å². The van der Waals surface area contributed by atoms with Crippen molar-refractivity contribution in [1.29, 1.82) is 0 Å². The molecule has 5 nitrogen and oxygen atoms in total. The van der Waals surface area contributed by atoms with Crippen molar-refractivity contribution in [3.63, 3.8) is 0 Å². The van der Waals surface area contributed by atoms with Gasteiger partial charge in [-0.25, -0.2) is 0 Å². The van der Waals surface area contributed by atoms with E-state index in [0.717, 1.165) is 0 Å². The summed E-state index contributed by atoms with van der Waals surface area (Å²) in [6, 6.07) is 9.20. The number of hydrogen-bond donors (Lipinski definition) is 3. The van der Waals surface area contributed by atoms with Crippen LogP contribution in [0.3, 0.4) is 0 Å². The highest BCUT2D eigenvalue weighted by Crippen LogP contribution is 2.25. The molecule has 0 saturated carbocycles. The average molecular weight is 369 g/mol. The molecule has 2 aromatic rings.